The highest BCUT2D eigenvalue weighted by molar-refractivity contribution is 6.14. The third kappa shape index (κ3) is 2.06. The average Bonchev–Trinajstić information content (AvgIpc) is 2.54. The molecule has 2 N–H and O–H groups in total. The number of pyridine rings is 2. The molecule has 0 saturated heterocycles. The minimum Gasteiger partial charge on any atom is -0.398 e. The molecule has 0 atom stereocenters. The predicted molar refractivity (Wildman–Crippen MR) is 84.0 cm³/mol. The maximum atomic E-state index is 12.9. The van der Waals surface area contributed by atoms with E-state index in [4.69, 9.17) is 5.73 Å². The molecule has 2 aromatic heterocycles. The number of hydrogen-bond acceptors (Lipinski definition) is 3. The lowest BCUT2D eigenvalue weighted by Crippen LogP contribution is -2.05. The van der Waals surface area contributed by atoms with Crippen molar-refractivity contribution in [2.24, 2.45) is 0 Å². The van der Waals surface area contributed by atoms with Crippen LogP contribution >= 0.6 is 0 Å². The van der Waals surface area contributed by atoms with Crippen molar-refractivity contribution in [3.63, 3.8) is 0 Å². The number of nitrogen functional groups attached to an aromatic ring is 1. The molecule has 2 aromatic carbocycles. The number of nitrogens with zero attached hydrogens (tertiary/aromatic N) is 2. The Morgan fingerprint density at radius 1 is 0.913 bits per heavy atom. The van der Waals surface area contributed by atoms with Crippen LogP contribution in [0.25, 0.3) is 32.7 Å². The van der Waals surface area contributed by atoms with Crippen molar-refractivity contribution < 1.29 is 13.2 Å². The normalized spacial score (nSPS) is 12.3. The van der Waals surface area contributed by atoms with Gasteiger partial charge in [0.15, 0.2) is 0 Å². The Hall–Kier alpha value is -2.89. The zero-order chi connectivity index (χ0) is 16.2. The van der Waals surface area contributed by atoms with Crippen molar-refractivity contribution in [3.8, 4) is 0 Å². The van der Waals surface area contributed by atoms with Gasteiger partial charge in [-0.05, 0) is 30.3 Å². The van der Waals surface area contributed by atoms with E-state index in [0.717, 1.165) is 17.5 Å². The van der Waals surface area contributed by atoms with Gasteiger partial charge in [0.25, 0.3) is 0 Å². The van der Waals surface area contributed by atoms with Crippen LogP contribution < -0.4 is 5.73 Å². The second-order valence-corrected chi connectivity index (χ2v) is 5.29. The number of halogens is 3. The quantitative estimate of drug-likeness (QED) is 0.383. The van der Waals surface area contributed by atoms with Gasteiger partial charge in [-0.2, -0.15) is 13.2 Å². The van der Waals surface area contributed by atoms with Crippen molar-refractivity contribution in [1.29, 1.82) is 0 Å². The van der Waals surface area contributed by atoms with Crippen molar-refractivity contribution in [2.75, 3.05) is 5.73 Å². The predicted octanol–water partition coefficient (Wildman–Crippen LogP) is 4.54. The Kier molecular flexibility index (Phi) is 2.72. The average molecular weight is 313 g/mol. The molecule has 3 nitrogen and oxygen atoms in total. The number of fused-ring (bicyclic) bond motifs is 4. The minimum absolute atomic E-state index is 0.281. The Morgan fingerprint density at radius 3 is 2.52 bits per heavy atom. The van der Waals surface area contributed by atoms with E-state index in [1.807, 2.05) is 18.2 Å². The molecule has 0 radical (unpaired) electrons. The summed E-state index contributed by atoms with van der Waals surface area (Å²) >= 11 is 0. The van der Waals surface area contributed by atoms with E-state index in [2.05, 4.69) is 9.97 Å². The molecule has 4 aromatic rings. The zero-order valence-corrected chi connectivity index (χ0v) is 11.7. The first-order valence-corrected chi connectivity index (χ1v) is 6.89. The molecule has 0 aliphatic heterocycles. The van der Waals surface area contributed by atoms with E-state index < -0.39 is 11.7 Å². The summed E-state index contributed by atoms with van der Waals surface area (Å²) in [7, 11) is 0. The fraction of sp³-hybridized carbons (Fsp3) is 0.0588. The Labute approximate surface area is 128 Å². The molecule has 0 saturated carbocycles. The van der Waals surface area contributed by atoms with E-state index >= 15 is 0 Å². The molecule has 4 rings (SSSR count). The van der Waals surface area contributed by atoms with Crippen LogP contribution in [0.5, 0.6) is 0 Å². The largest absolute Gasteiger partial charge is 0.416 e. The number of rotatable bonds is 0. The number of hydrogen-bond donors (Lipinski definition) is 1. The molecule has 6 heteroatoms. The molecule has 114 valence electrons. The summed E-state index contributed by atoms with van der Waals surface area (Å²) in [5.41, 5.74) is 7.35. The van der Waals surface area contributed by atoms with Gasteiger partial charge < -0.3 is 5.73 Å². The Morgan fingerprint density at radius 2 is 1.74 bits per heavy atom. The molecule has 0 amide bonds. The van der Waals surface area contributed by atoms with Gasteiger partial charge >= 0.3 is 6.18 Å². The van der Waals surface area contributed by atoms with E-state index in [9.17, 15) is 13.2 Å². The maximum absolute atomic E-state index is 12.9. The van der Waals surface area contributed by atoms with Crippen LogP contribution in [-0.4, -0.2) is 9.97 Å². The molecule has 0 unspecified atom stereocenters. The molecular formula is C17H10F3N3. The first kappa shape index (κ1) is 13.8. The lowest BCUT2D eigenvalue weighted by Gasteiger charge is -2.11. The first-order chi connectivity index (χ1) is 10.9. The monoisotopic (exact) mass is 313 g/mol. The highest BCUT2D eigenvalue weighted by Gasteiger charge is 2.30. The van der Waals surface area contributed by atoms with Gasteiger partial charge in [0, 0.05) is 22.4 Å². The van der Waals surface area contributed by atoms with Crippen LogP contribution in [0.3, 0.4) is 0 Å². The Balaban J connectivity index is 2.14. The van der Waals surface area contributed by atoms with Crippen LogP contribution in [-0.2, 0) is 6.18 Å². The van der Waals surface area contributed by atoms with Gasteiger partial charge in [-0.3, -0.25) is 4.98 Å². The maximum Gasteiger partial charge on any atom is 0.416 e. The number of aromatic nitrogens is 2. The summed E-state index contributed by atoms with van der Waals surface area (Å²) in [6, 6.07) is 10.7. The van der Waals surface area contributed by atoms with Crippen LogP contribution in [0.1, 0.15) is 5.56 Å². The fourth-order valence-corrected chi connectivity index (χ4v) is 2.75. The van der Waals surface area contributed by atoms with E-state index in [0.29, 0.717) is 27.3 Å². The molecule has 0 fully saturated rings. The molecule has 0 bridgehead atoms. The molecule has 0 aliphatic carbocycles. The van der Waals surface area contributed by atoms with Gasteiger partial charge in [-0.25, -0.2) is 4.98 Å². The van der Waals surface area contributed by atoms with Crippen molar-refractivity contribution in [3.05, 3.63) is 54.2 Å². The third-order valence-electron chi connectivity index (χ3n) is 3.88. The van der Waals surface area contributed by atoms with Crippen molar-refractivity contribution in [2.45, 2.75) is 6.18 Å². The number of anilines is 1. The summed E-state index contributed by atoms with van der Waals surface area (Å²) in [5.74, 6) is 0. The number of benzene rings is 2. The Bertz CT molecular complexity index is 1070. The first-order valence-electron chi connectivity index (χ1n) is 6.89. The lowest BCUT2D eigenvalue weighted by molar-refractivity contribution is -0.137. The minimum atomic E-state index is -4.42. The molecule has 23 heavy (non-hydrogen) atoms. The topological polar surface area (TPSA) is 51.8 Å². The van der Waals surface area contributed by atoms with Gasteiger partial charge in [0.1, 0.15) is 0 Å². The summed E-state index contributed by atoms with van der Waals surface area (Å²) in [6.45, 7) is 0. The molecular weight excluding hydrogens is 303 g/mol. The van der Waals surface area contributed by atoms with Crippen molar-refractivity contribution in [1.82, 2.24) is 9.97 Å². The number of nitrogens with two attached hydrogens (primary N) is 1. The summed E-state index contributed by atoms with van der Waals surface area (Å²) in [4.78, 5) is 8.80. The van der Waals surface area contributed by atoms with Crippen LogP contribution in [0.2, 0.25) is 0 Å². The highest BCUT2D eigenvalue weighted by Crippen LogP contribution is 2.36. The third-order valence-corrected chi connectivity index (χ3v) is 3.88. The van der Waals surface area contributed by atoms with Gasteiger partial charge in [0.2, 0.25) is 0 Å². The SMILES string of the molecule is Nc1c2cc(C(F)(F)F)ccc2nc2c1ccc1cccnc12. The summed E-state index contributed by atoms with van der Waals surface area (Å²) < 4.78 is 38.7. The molecule has 2 heterocycles. The summed E-state index contributed by atoms with van der Waals surface area (Å²) in [5, 5.41) is 1.80. The molecule has 0 spiro atoms. The number of alkyl halides is 3. The zero-order valence-electron chi connectivity index (χ0n) is 11.7. The standard InChI is InChI=1S/C17H10F3N3/c18-17(19,20)10-4-6-13-12(8-10)14(21)11-5-3-9-2-1-7-22-15(9)16(11)23-13/h1-8H,(H2,21,23). The van der Waals surface area contributed by atoms with Crippen LogP contribution in [0.15, 0.2) is 48.7 Å². The van der Waals surface area contributed by atoms with Gasteiger partial charge in [-0.1, -0.05) is 12.1 Å². The summed E-state index contributed by atoms with van der Waals surface area (Å²) in [6.07, 6.45) is -2.77. The van der Waals surface area contributed by atoms with E-state index in [1.54, 1.807) is 12.3 Å². The highest BCUT2D eigenvalue weighted by atomic mass is 19.4. The van der Waals surface area contributed by atoms with Gasteiger partial charge in [-0.15, -0.1) is 0 Å². The second kappa shape index (κ2) is 4.55. The van der Waals surface area contributed by atoms with E-state index in [-0.39, 0.29) is 5.69 Å². The fourth-order valence-electron chi connectivity index (χ4n) is 2.75. The smallest absolute Gasteiger partial charge is 0.398 e. The van der Waals surface area contributed by atoms with E-state index in [1.165, 1.54) is 6.07 Å². The van der Waals surface area contributed by atoms with Crippen LogP contribution in [0, 0.1) is 0 Å². The van der Waals surface area contributed by atoms with Gasteiger partial charge in [0.05, 0.1) is 27.8 Å². The second-order valence-electron chi connectivity index (χ2n) is 5.29. The molecule has 0 aliphatic rings. The van der Waals surface area contributed by atoms with Crippen molar-refractivity contribution >= 4 is 38.4 Å². The lowest BCUT2D eigenvalue weighted by atomic mass is 10.0. The van der Waals surface area contributed by atoms with Crippen LogP contribution in [0.4, 0.5) is 18.9 Å².